The predicted octanol–water partition coefficient (Wildman–Crippen LogP) is 6.96. The molecule has 0 saturated carbocycles. The number of fused-ring (bicyclic) bond motifs is 1. The van der Waals surface area contributed by atoms with Crippen molar-refractivity contribution in [3.8, 4) is 0 Å². The third kappa shape index (κ3) is 5.58. The van der Waals surface area contributed by atoms with E-state index in [-0.39, 0.29) is 23.2 Å². The van der Waals surface area contributed by atoms with Crippen molar-refractivity contribution in [2.45, 2.75) is 44.3 Å². The van der Waals surface area contributed by atoms with Crippen LogP contribution in [0.2, 0.25) is 5.02 Å². The maximum atomic E-state index is 13.3. The molecule has 1 aliphatic heterocycles. The Bertz CT molecular complexity index is 1110. The Kier molecular flexibility index (Phi) is 7.16. The molecular formula is C22H19ClF6N2O4. The van der Waals surface area contributed by atoms with Crippen LogP contribution >= 0.6 is 11.6 Å². The largest absolute Gasteiger partial charge is 0.465 e. The number of carbonyl (C=O) groups is 2. The van der Waals surface area contributed by atoms with E-state index in [0.29, 0.717) is 17.7 Å². The van der Waals surface area contributed by atoms with Crippen molar-refractivity contribution in [1.82, 2.24) is 4.90 Å². The number of ether oxygens (including phenoxy) is 1. The van der Waals surface area contributed by atoms with Crippen LogP contribution in [0.3, 0.4) is 0 Å². The summed E-state index contributed by atoms with van der Waals surface area (Å²) < 4.78 is 84.6. The summed E-state index contributed by atoms with van der Waals surface area (Å²) >= 11 is 6.02. The van der Waals surface area contributed by atoms with Crippen LogP contribution in [0.25, 0.3) is 0 Å². The highest BCUT2D eigenvalue weighted by atomic mass is 35.5. The Morgan fingerprint density at radius 1 is 1.09 bits per heavy atom. The molecule has 0 unspecified atom stereocenters. The molecule has 0 fully saturated rings. The maximum Gasteiger partial charge on any atom is 0.416 e. The third-order valence-electron chi connectivity index (χ3n) is 5.61. The van der Waals surface area contributed by atoms with Crippen LogP contribution in [0.5, 0.6) is 0 Å². The number of rotatable bonds is 3. The van der Waals surface area contributed by atoms with E-state index in [0.717, 1.165) is 16.9 Å². The first-order valence-corrected chi connectivity index (χ1v) is 10.5. The molecule has 1 N–H and O–H groups in total. The van der Waals surface area contributed by atoms with E-state index >= 15 is 0 Å². The second-order valence-corrected chi connectivity index (χ2v) is 8.40. The number of hydrogen-bond donors (Lipinski definition) is 1. The van der Waals surface area contributed by atoms with Crippen molar-refractivity contribution < 1.29 is 45.8 Å². The molecule has 2 atom stereocenters. The summed E-state index contributed by atoms with van der Waals surface area (Å²) in [7, 11) is 1.02. The van der Waals surface area contributed by atoms with Crippen molar-refractivity contribution in [3.05, 3.63) is 63.7 Å². The lowest BCUT2D eigenvalue weighted by atomic mass is 9.90. The molecule has 3 rings (SSSR count). The molecule has 1 heterocycles. The van der Waals surface area contributed by atoms with Crippen LogP contribution in [-0.4, -0.2) is 35.3 Å². The average molecular weight is 525 g/mol. The molecule has 0 aromatic heterocycles. The Hall–Kier alpha value is -3.15. The molecule has 6 nitrogen and oxygen atoms in total. The summed E-state index contributed by atoms with van der Waals surface area (Å²) in [5, 5.41) is 9.83. The van der Waals surface area contributed by atoms with Crippen molar-refractivity contribution in [3.63, 3.8) is 0 Å². The quantitative estimate of drug-likeness (QED) is 0.440. The van der Waals surface area contributed by atoms with Crippen LogP contribution in [0.4, 0.5) is 41.6 Å². The van der Waals surface area contributed by atoms with Crippen LogP contribution in [0, 0.1) is 0 Å². The lowest BCUT2D eigenvalue weighted by Crippen LogP contribution is -2.47. The van der Waals surface area contributed by atoms with Gasteiger partial charge in [-0.2, -0.15) is 26.3 Å². The molecule has 0 radical (unpaired) electrons. The topological polar surface area (TPSA) is 70.1 Å². The van der Waals surface area contributed by atoms with E-state index in [1.165, 1.54) is 18.2 Å². The molecule has 2 amide bonds. The maximum absolute atomic E-state index is 13.3. The minimum absolute atomic E-state index is 0.00111. The van der Waals surface area contributed by atoms with E-state index in [4.69, 9.17) is 16.3 Å². The number of hydrogen-bond acceptors (Lipinski definition) is 3. The second-order valence-electron chi connectivity index (χ2n) is 7.97. The lowest BCUT2D eigenvalue weighted by Gasteiger charge is -2.42. The third-order valence-corrected chi connectivity index (χ3v) is 5.84. The van der Waals surface area contributed by atoms with Crippen molar-refractivity contribution >= 4 is 29.5 Å². The lowest BCUT2D eigenvalue weighted by molar-refractivity contribution is -0.143. The molecule has 0 bridgehead atoms. The number of alkyl halides is 6. The minimum atomic E-state index is -5.06. The fraction of sp³-hybridized carbons (Fsp3) is 0.364. The Labute approximate surface area is 200 Å². The van der Waals surface area contributed by atoms with Crippen LogP contribution in [0.1, 0.15) is 41.6 Å². The fourth-order valence-corrected chi connectivity index (χ4v) is 4.28. The number of methoxy groups -OCH3 is 1. The molecule has 13 heteroatoms. The summed E-state index contributed by atoms with van der Waals surface area (Å²) in [6.07, 6.45) is -12.4. The molecule has 0 spiro atoms. The smallest absolute Gasteiger partial charge is 0.416 e. The van der Waals surface area contributed by atoms with Crippen LogP contribution in [-0.2, 0) is 23.6 Å². The van der Waals surface area contributed by atoms with Gasteiger partial charge in [0.05, 0.1) is 30.0 Å². The highest BCUT2D eigenvalue weighted by molar-refractivity contribution is 6.31. The summed E-state index contributed by atoms with van der Waals surface area (Å²) in [6.45, 7) is 0.888. The minimum Gasteiger partial charge on any atom is -0.465 e. The average Bonchev–Trinajstić information content (AvgIpc) is 2.74. The predicted molar refractivity (Wildman–Crippen MR) is 113 cm³/mol. The van der Waals surface area contributed by atoms with Gasteiger partial charge in [0.1, 0.15) is 0 Å². The SMILES string of the molecule is COC(=O)N(Cc1cc(C(F)(F)F)cc(C(F)(F)F)c1)[C@H]1C[C@@H](C)N(C(=O)O)c2cc(Cl)ccc21. The number of benzene rings is 2. The van der Waals surface area contributed by atoms with Gasteiger partial charge in [0.15, 0.2) is 0 Å². The van der Waals surface area contributed by atoms with Gasteiger partial charge >= 0.3 is 24.5 Å². The Morgan fingerprint density at radius 2 is 1.66 bits per heavy atom. The van der Waals surface area contributed by atoms with Gasteiger partial charge in [0.25, 0.3) is 0 Å². The highest BCUT2D eigenvalue weighted by Crippen LogP contribution is 2.43. The van der Waals surface area contributed by atoms with Gasteiger partial charge in [0.2, 0.25) is 0 Å². The van der Waals surface area contributed by atoms with Gasteiger partial charge in [-0.1, -0.05) is 17.7 Å². The standard InChI is InChI=1S/C22H19ClF6N2O4/c1-11-5-17(16-4-3-15(23)9-18(16)31(11)19(32)33)30(20(34)35-2)10-12-6-13(21(24,25)26)8-14(7-12)22(27,28)29/h3-4,6-9,11,17H,5,10H2,1-2H3,(H,32,33)/t11-,17+/m1/s1. The second kappa shape index (κ2) is 9.48. The monoisotopic (exact) mass is 524 g/mol. The molecule has 1 aliphatic rings. The summed E-state index contributed by atoms with van der Waals surface area (Å²) in [4.78, 5) is 26.5. The molecule has 0 aliphatic carbocycles. The molecule has 2 aromatic carbocycles. The number of halogens is 7. The molecule has 190 valence electrons. The van der Waals surface area contributed by atoms with Gasteiger partial charge in [-0.05, 0) is 54.8 Å². The summed E-state index contributed by atoms with van der Waals surface area (Å²) in [6, 6.07) is 3.67. The van der Waals surface area contributed by atoms with Gasteiger partial charge in [-0.25, -0.2) is 9.59 Å². The Balaban J connectivity index is 2.13. The van der Waals surface area contributed by atoms with E-state index < -0.39 is 59.9 Å². The number of carboxylic acid groups (broad SMARTS) is 1. The molecule has 0 saturated heterocycles. The first kappa shape index (κ1) is 26.5. The van der Waals surface area contributed by atoms with Gasteiger partial charge in [0, 0.05) is 17.6 Å². The van der Waals surface area contributed by atoms with E-state index in [1.807, 2.05) is 0 Å². The van der Waals surface area contributed by atoms with E-state index in [9.17, 15) is 41.0 Å². The number of anilines is 1. The highest BCUT2D eigenvalue weighted by Gasteiger charge is 2.40. The van der Waals surface area contributed by atoms with Crippen molar-refractivity contribution in [2.75, 3.05) is 12.0 Å². The number of carbonyl (C=O) groups excluding carboxylic acids is 1. The van der Waals surface area contributed by atoms with Gasteiger partial charge in [-0.3, -0.25) is 9.80 Å². The summed E-state index contributed by atoms with van der Waals surface area (Å²) in [5.74, 6) is 0. The zero-order valence-electron chi connectivity index (χ0n) is 18.2. The Morgan fingerprint density at radius 3 is 2.14 bits per heavy atom. The molecular weight excluding hydrogens is 506 g/mol. The van der Waals surface area contributed by atoms with E-state index in [2.05, 4.69) is 0 Å². The number of nitrogens with zero attached hydrogens (tertiary/aromatic N) is 2. The first-order chi connectivity index (χ1) is 16.1. The van der Waals surface area contributed by atoms with Crippen molar-refractivity contribution in [2.24, 2.45) is 0 Å². The summed E-state index contributed by atoms with van der Waals surface area (Å²) in [5.41, 5.74) is -3.03. The zero-order chi connectivity index (χ0) is 26.3. The molecule has 2 aromatic rings. The van der Waals surface area contributed by atoms with E-state index in [1.54, 1.807) is 6.92 Å². The molecule has 35 heavy (non-hydrogen) atoms. The number of amides is 2. The fourth-order valence-electron chi connectivity index (χ4n) is 4.11. The van der Waals surface area contributed by atoms with Gasteiger partial charge in [-0.15, -0.1) is 0 Å². The first-order valence-electron chi connectivity index (χ1n) is 10.1. The zero-order valence-corrected chi connectivity index (χ0v) is 19.0. The normalized spacial score (nSPS) is 18.1. The van der Waals surface area contributed by atoms with Gasteiger partial charge < -0.3 is 9.84 Å². The van der Waals surface area contributed by atoms with Crippen LogP contribution in [0.15, 0.2) is 36.4 Å². The van der Waals surface area contributed by atoms with Crippen molar-refractivity contribution in [1.29, 1.82) is 0 Å². The van der Waals surface area contributed by atoms with Crippen LogP contribution < -0.4 is 4.90 Å².